The number of carboxylic acids is 1. The summed E-state index contributed by atoms with van der Waals surface area (Å²) in [5, 5.41) is 9.15. The van der Waals surface area contributed by atoms with Crippen LogP contribution in [0.25, 0.3) is 0 Å². The molecule has 1 amide bonds. The lowest BCUT2D eigenvalue weighted by Crippen LogP contribution is -2.49. The van der Waals surface area contributed by atoms with Gasteiger partial charge in [-0.05, 0) is 25.1 Å². The molecule has 0 saturated carbocycles. The summed E-state index contributed by atoms with van der Waals surface area (Å²) in [6, 6.07) is 6.40. The van der Waals surface area contributed by atoms with Crippen LogP contribution in [0, 0.1) is 0 Å². The summed E-state index contributed by atoms with van der Waals surface area (Å²) in [6.07, 6.45) is 1.11. The highest BCUT2D eigenvalue weighted by atomic mass is 16.4. The lowest BCUT2D eigenvalue weighted by Gasteiger charge is -2.34. The van der Waals surface area contributed by atoms with Crippen molar-refractivity contribution in [3.63, 3.8) is 0 Å². The summed E-state index contributed by atoms with van der Waals surface area (Å²) >= 11 is 0. The van der Waals surface area contributed by atoms with E-state index < -0.39 is 5.97 Å². The van der Waals surface area contributed by atoms with E-state index in [1.807, 2.05) is 0 Å². The van der Waals surface area contributed by atoms with Gasteiger partial charge in [0, 0.05) is 26.2 Å². The summed E-state index contributed by atoms with van der Waals surface area (Å²) in [5.74, 6) is -1.24. The van der Waals surface area contributed by atoms with Crippen LogP contribution in [-0.4, -0.2) is 59.5 Å². The molecule has 0 spiro atoms. The van der Waals surface area contributed by atoms with Gasteiger partial charge in [0.15, 0.2) is 0 Å². The van der Waals surface area contributed by atoms with Crippen LogP contribution in [0.4, 0.5) is 0 Å². The lowest BCUT2D eigenvalue weighted by atomic mass is 10.1. The van der Waals surface area contributed by atoms with E-state index in [0.29, 0.717) is 13.1 Å². The summed E-state index contributed by atoms with van der Waals surface area (Å²) in [7, 11) is 0. The van der Waals surface area contributed by atoms with Crippen molar-refractivity contribution in [2.45, 2.75) is 13.3 Å². The molecular formula is C15H20N2O3. The highest BCUT2D eigenvalue weighted by Crippen LogP contribution is 2.14. The van der Waals surface area contributed by atoms with E-state index in [1.165, 1.54) is 6.07 Å². The maximum Gasteiger partial charge on any atom is 0.336 e. The van der Waals surface area contributed by atoms with E-state index in [1.54, 1.807) is 23.1 Å². The topological polar surface area (TPSA) is 60.9 Å². The Kier molecular flexibility index (Phi) is 4.74. The average Bonchev–Trinajstić information content (AvgIpc) is 2.47. The number of amides is 1. The minimum absolute atomic E-state index is 0.0773. The van der Waals surface area contributed by atoms with Crippen molar-refractivity contribution in [2.75, 3.05) is 32.7 Å². The van der Waals surface area contributed by atoms with E-state index in [2.05, 4.69) is 11.8 Å². The van der Waals surface area contributed by atoms with Crippen molar-refractivity contribution in [3.05, 3.63) is 35.4 Å². The van der Waals surface area contributed by atoms with Crippen LogP contribution in [0.15, 0.2) is 24.3 Å². The van der Waals surface area contributed by atoms with E-state index in [9.17, 15) is 9.59 Å². The number of carbonyl (C=O) groups is 2. The number of piperazine rings is 1. The Hall–Kier alpha value is -1.88. The summed E-state index contributed by atoms with van der Waals surface area (Å²) in [6.45, 7) is 6.22. The molecule has 1 fully saturated rings. The van der Waals surface area contributed by atoms with Gasteiger partial charge in [-0.25, -0.2) is 4.79 Å². The van der Waals surface area contributed by atoms with Crippen molar-refractivity contribution in [1.29, 1.82) is 0 Å². The maximum absolute atomic E-state index is 12.4. The number of carbonyl (C=O) groups excluding carboxylic acids is 1. The first-order valence-corrected chi connectivity index (χ1v) is 6.97. The molecule has 0 aromatic heterocycles. The first-order chi connectivity index (χ1) is 9.63. The van der Waals surface area contributed by atoms with Gasteiger partial charge < -0.3 is 10.0 Å². The molecular weight excluding hydrogens is 256 g/mol. The predicted octanol–water partition coefficient (Wildman–Crippen LogP) is 1.55. The third-order valence-corrected chi connectivity index (χ3v) is 3.59. The average molecular weight is 276 g/mol. The molecule has 0 aliphatic carbocycles. The lowest BCUT2D eigenvalue weighted by molar-refractivity contribution is 0.0616. The Morgan fingerprint density at radius 2 is 1.70 bits per heavy atom. The monoisotopic (exact) mass is 276 g/mol. The fourth-order valence-corrected chi connectivity index (χ4v) is 2.52. The largest absolute Gasteiger partial charge is 0.478 e. The van der Waals surface area contributed by atoms with Gasteiger partial charge in [0.1, 0.15) is 0 Å². The van der Waals surface area contributed by atoms with Crippen molar-refractivity contribution < 1.29 is 14.7 Å². The molecule has 0 radical (unpaired) electrons. The normalized spacial score (nSPS) is 16.1. The zero-order valence-corrected chi connectivity index (χ0v) is 11.7. The molecule has 1 heterocycles. The van der Waals surface area contributed by atoms with Gasteiger partial charge in [-0.2, -0.15) is 0 Å². The van der Waals surface area contributed by atoms with E-state index in [0.717, 1.165) is 26.1 Å². The predicted molar refractivity (Wildman–Crippen MR) is 76.0 cm³/mol. The van der Waals surface area contributed by atoms with Crippen LogP contribution < -0.4 is 0 Å². The number of rotatable bonds is 4. The van der Waals surface area contributed by atoms with Gasteiger partial charge in [-0.3, -0.25) is 9.69 Å². The van der Waals surface area contributed by atoms with Crippen LogP contribution in [0.1, 0.15) is 34.1 Å². The van der Waals surface area contributed by atoms with Gasteiger partial charge in [0.2, 0.25) is 0 Å². The number of benzene rings is 1. The van der Waals surface area contributed by atoms with E-state index in [4.69, 9.17) is 5.11 Å². The van der Waals surface area contributed by atoms with Crippen molar-refractivity contribution in [2.24, 2.45) is 0 Å². The molecule has 5 heteroatoms. The van der Waals surface area contributed by atoms with Crippen LogP contribution in [0.2, 0.25) is 0 Å². The Morgan fingerprint density at radius 3 is 2.25 bits per heavy atom. The zero-order valence-electron chi connectivity index (χ0n) is 11.7. The molecule has 1 aliphatic rings. The highest BCUT2D eigenvalue weighted by molar-refractivity contribution is 6.04. The zero-order chi connectivity index (χ0) is 14.5. The van der Waals surface area contributed by atoms with Gasteiger partial charge in [-0.15, -0.1) is 0 Å². The number of hydrogen-bond donors (Lipinski definition) is 1. The molecule has 1 aromatic carbocycles. The van der Waals surface area contributed by atoms with Gasteiger partial charge >= 0.3 is 5.97 Å². The summed E-state index contributed by atoms with van der Waals surface area (Å²) < 4.78 is 0. The van der Waals surface area contributed by atoms with Crippen LogP contribution in [0.5, 0.6) is 0 Å². The second-order valence-corrected chi connectivity index (χ2v) is 4.98. The fraction of sp³-hybridized carbons (Fsp3) is 0.467. The molecule has 1 aliphatic heterocycles. The van der Waals surface area contributed by atoms with Gasteiger partial charge in [-0.1, -0.05) is 19.1 Å². The first-order valence-electron chi connectivity index (χ1n) is 6.97. The van der Waals surface area contributed by atoms with Crippen LogP contribution >= 0.6 is 0 Å². The van der Waals surface area contributed by atoms with Gasteiger partial charge in [0.05, 0.1) is 11.1 Å². The SMILES string of the molecule is CCCN1CCN(C(=O)c2ccccc2C(=O)O)CC1. The van der Waals surface area contributed by atoms with Crippen molar-refractivity contribution >= 4 is 11.9 Å². The molecule has 108 valence electrons. The minimum Gasteiger partial charge on any atom is -0.478 e. The third kappa shape index (κ3) is 3.17. The smallest absolute Gasteiger partial charge is 0.336 e. The van der Waals surface area contributed by atoms with Crippen LogP contribution in [-0.2, 0) is 0 Å². The Morgan fingerprint density at radius 1 is 1.10 bits per heavy atom. The Bertz CT molecular complexity index is 494. The molecule has 0 atom stereocenters. The number of aromatic carboxylic acids is 1. The van der Waals surface area contributed by atoms with Crippen molar-refractivity contribution in [3.8, 4) is 0 Å². The Balaban J connectivity index is 2.08. The molecule has 1 aromatic rings. The van der Waals surface area contributed by atoms with E-state index >= 15 is 0 Å². The summed E-state index contributed by atoms with van der Waals surface area (Å²) in [5.41, 5.74) is 0.359. The fourth-order valence-electron chi connectivity index (χ4n) is 2.52. The second-order valence-electron chi connectivity index (χ2n) is 4.98. The molecule has 5 nitrogen and oxygen atoms in total. The third-order valence-electron chi connectivity index (χ3n) is 3.59. The van der Waals surface area contributed by atoms with E-state index in [-0.39, 0.29) is 17.0 Å². The molecule has 2 rings (SSSR count). The second kappa shape index (κ2) is 6.52. The summed E-state index contributed by atoms with van der Waals surface area (Å²) in [4.78, 5) is 27.7. The van der Waals surface area contributed by atoms with Crippen LogP contribution in [0.3, 0.4) is 0 Å². The first kappa shape index (κ1) is 14.5. The molecule has 1 saturated heterocycles. The quantitative estimate of drug-likeness (QED) is 0.906. The number of carboxylic acid groups (broad SMARTS) is 1. The number of hydrogen-bond acceptors (Lipinski definition) is 3. The molecule has 20 heavy (non-hydrogen) atoms. The molecule has 0 bridgehead atoms. The standard InChI is InChI=1S/C15H20N2O3/c1-2-7-16-8-10-17(11-9-16)14(18)12-5-3-4-6-13(12)15(19)20/h3-6H,2,7-11H2,1H3,(H,19,20). The maximum atomic E-state index is 12.4. The minimum atomic E-state index is -1.06. The van der Waals surface area contributed by atoms with Gasteiger partial charge in [0.25, 0.3) is 5.91 Å². The van der Waals surface area contributed by atoms with Crippen molar-refractivity contribution in [1.82, 2.24) is 9.80 Å². The Labute approximate surface area is 118 Å². The molecule has 0 unspecified atom stereocenters. The highest BCUT2D eigenvalue weighted by Gasteiger charge is 2.24. The number of nitrogens with zero attached hydrogens (tertiary/aromatic N) is 2. The molecule has 1 N–H and O–H groups in total.